The fourth-order valence-corrected chi connectivity index (χ4v) is 2.97. The minimum absolute atomic E-state index is 0.428. The van der Waals surface area contributed by atoms with Crippen molar-refractivity contribution in [3.63, 3.8) is 0 Å². The standard InChI is InChI=1S/C16H20BrN5O/c1-4-23-8-12-21-14-15(22(12)7-9(2)3)13-10(19-16(14)18)5-6-11(17)20-13/h5-6,9H,4,7-8H2,1-3H3,(H2,18,19). The van der Waals surface area contributed by atoms with Crippen LogP contribution >= 0.6 is 15.9 Å². The van der Waals surface area contributed by atoms with E-state index < -0.39 is 0 Å². The highest BCUT2D eigenvalue weighted by Crippen LogP contribution is 2.29. The van der Waals surface area contributed by atoms with Gasteiger partial charge in [-0.25, -0.2) is 15.0 Å². The zero-order chi connectivity index (χ0) is 16.6. The van der Waals surface area contributed by atoms with Crippen molar-refractivity contribution in [3.05, 3.63) is 22.6 Å². The number of nitrogen functional groups attached to an aromatic ring is 1. The molecule has 3 rings (SSSR count). The van der Waals surface area contributed by atoms with Gasteiger partial charge in [-0.05, 0) is 40.9 Å². The summed E-state index contributed by atoms with van der Waals surface area (Å²) in [4.78, 5) is 13.7. The Morgan fingerprint density at radius 3 is 2.70 bits per heavy atom. The third-order valence-corrected chi connectivity index (χ3v) is 4.02. The van der Waals surface area contributed by atoms with E-state index in [9.17, 15) is 0 Å². The van der Waals surface area contributed by atoms with Gasteiger partial charge in [0.25, 0.3) is 0 Å². The molecule has 3 heterocycles. The third-order valence-electron chi connectivity index (χ3n) is 3.58. The van der Waals surface area contributed by atoms with Gasteiger partial charge in [-0.2, -0.15) is 0 Å². The van der Waals surface area contributed by atoms with Crippen molar-refractivity contribution in [3.8, 4) is 0 Å². The van der Waals surface area contributed by atoms with Crippen LogP contribution in [0.5, 0.6) is 0 Å². The van der Waals surface area contributed by atoms with Crippen molar-refractivity contribution in [1.82, 2.24) is 19.5 Å². The maximum atomic E-state index is 6.13. The minimum Gasteiger partial charge on any atom is -0.382 e. The van der Waals surface area contributed by atoms with Crippen LogP contribution in [0.3, 0.4) is 0 Å². The first-order valence-corrected chi connectivity index (χ1v) is 8.49. The number of imidazole rings is 1. The highest BCUT2D eigenvalue weighted by molar-refractivity contribution is 9.10. The van der Waals surface area contributed by atoms with Crippen LogP contribution < -0.4 is 5.73 Å². The zero-order valence-electron chi connectivity index (χ0n) is 13.5. The van der Waals surface area contributed by atoms with Gasteiger partial charge in [-0.1, -0.05) is 13.8 Å². The monoisotopic (exact) mass is 377 g/mol. The average molecular weight is 378 g/mol. The molecule has 0 amide bonds. The lowest BCUT2D eigenvalue weighted by molar-refractivity contribution is 0.125. The van der Waals surface area contributed by atoms with E-state index in [2.05, 4.69) is 49.3 Å². The van der Waals surface area contributed by atoms with Gasteiger partial charge in [0.2, 0.25) is 0 Å². The van der Waals surface area contributed by atoms with E-state index in [4.69, 9.17) is 10.5 Å². The van der Waals surface area contributed by atoms with Gasteiger partial charge in [0, 0.05) is 13.2 Å². The molecule has 122 valence electrons. The predicted octanol–water partition coefficient (Wildman–Crippen LogP) is 3.52. The second-order valence-corrected chi connectivity index (χ2v) is 6.68. The summed E-state index contributed by atoms with van der Waals surface area (Å²) in [6.07, 6.45) is 0. The lowest BCUT2D eigenvalue weighted by atomic mass is 10.2. The molecule has 0 unspecified atom stereocenters. The van der Waals surface area contributed by atoms with E-state index >= 15 is 0 Å². The highest BCUT2D eigenvalue weighted by Gasteiger charge is 2.19. The van der Waals surface area contributed by atoms with Crippen LogP contribution in [0.15, 0.2) is 16.7 Å². The second kappa shape index (κ2) is 6.41. The number of anilines is 1. The number of ether oxygens (including phenoxy) is 1. The Labute approximate surface area is 143 Å². The molecule has 0 radical (unpaired) electrons. The normalized spacial score (nSPS) is 11.9. The Bertz CT molecular complexity index is 859. The van der Waals surface area contributed by atoms with Crippen molar-refractivity contribution in [1.29, 1.82) is 0 Å². The van der Waals surface area contributed by atoms with E-state index in [1.54, 1.807) is 0 Å². The van der Waals surface area contributed by atoms with Crippen molar-refractivity contribution in [2.45, 2.75) is 33.9 Å². The summed E-state index contributed by atoms with van der Waals surface area (Å²) in [6.45, 7) is 8.24. The van der Waals surface area contributed by atoms with Crippen LogP contribution in [0.2, 0.25) is 0 Å². The van der Waals surface area contributed by atoms with Gasteiger partial charge < -0.3 is 15.0 Å². The van der Waals surface area contributed by atoms with Gasteiger partial charge in [0.05, 0.1) is 5.52 Å². The highest BCUT2D eigenvalue weighted by atomic mass is 79.9. The molecule has 0 spiro atoms. The Morgan fingerprint density at radius 2 is 2.00 bits per heavy atom. The quantitative estimate of drug-likeness (QED) is 0.688. The molecule has 0 aliphatic heterocycles. The number of rotatable bonds is 5. The molecule has 0 aliphatic carbocycles. The largest absolute Gasteiger partial charge is 0.382 e. The fraction of sp³-hybridized carbons (Fsp3) is 0.438. The summed E-state index contributed by atoms with van der Waals surface area (Å²) in [7, 11) is 0. The molecule has 0 aliphatic rings. The lowest BCUT2D eigenvalue weighted by Crippen LogP contribution is -2.10. The molecular formula is C16H20BrN5O. The maximum Gasteiger partial charge on any atom is 0.152 e. The zero-order valence-corrected chi connectivity index (χ0v) is 15.1. The van der Waals surface area contributed by atoms with Crippen LogP contribution in [0.4, 0.5) is 5.82 Å². The average Bonchev–Trinajstić information content (AvgIpc) is 2.85. The number of aromatic nitrogens is 4. The molecule has 0 bridgehead atoms. The molecule has 6 nitrogen and oxygen atoms in total. The van der Waals surface area contributed by atoms with Gasteiger partial charge in [-0.3, -0.25) is 0 Å². The van der Waals surface area contributed by atoms with Gasteiger partial charge >= 0.3 is 0 Å². The molecule has 0 fully saturated rings. The number of nitrogens with zero attached hydrogens (tertiary/aromatic N) is 4. The summed E-state index contributed by atoms with van der Waals surface area (Å²) in [6, 6.07) is 3.78. The molecule has 23 heavy (non-hydrogen) atoms. The van der Waals surface area contributed by atoms with Crippen molar-refractivity contribution in [2.24, 2.45) is 5.92 Å². The number of nitrogens with two attached hydrogens (primary N) is 1. The van der Waals surface area contributed by atoms with Gasteiger partial charge in [0.15, 0.2) is 5.82 Å². The SMILES string of the molecule is CCOCc1nc2c(N)nc3ccc(Br)nc3c2n1CC(C)C. The molecule has 2 N–H and O–H groups in total. The van der Waals surface area contributed by atoms with Gasteiger partial charge in [0.1, 0.15) is 33.6 Å². The molecule has 3 aromatic rings. The molecule has 3 aromatic heterocycles. The number of fused-ring (bicyclic) bond motifs is 3. The fourth-order valence-electron chi connectivity index (χ4n) is 2.66. The first-order chi connectivity index (χ1) is 11.0. The number of hydrogen-bond donors (Lipinski definition) is 1. The van der Waals surface area contributed by atoms with E-state index in [1.165, 1.54) is 0 Å². The number of hydrogen-bond acceptors (Lipinski definition) is 5. The molecule has 0 atom stereocenters. The molecule has 0 saturated heterocycles. The second-order valence-electron chi connectivity index (χ2n) is 5.87. The molecule has 0 aromatic carbocycles. The minimum atomic E-state index is 0.428. The number of pyridine rings is 2. The van der Waals surface area contributed by atoms with Crippen LogP contribution in [0.1, 0.15) is 26.6 Å². The lowest BCUT2D eigenvalue weighted by Gasteiger charge is -2.12. The summed E-state index contributed by atoms with van der Waals surface area (Å²) in [5, 5.41) is 0. The van der Waals surface area contributed by atoms with E-state index in [-0.39, 0.29) is 0 Å². The van der Waals surface area contributed by atoms with E-state index in [0.717, 1.165) is 33.5 Å². The van der Waals surface area contributed by atoms with Crippen molar-refractivity contribution >= 4 is 43.8 Å². The first-order valence-electron chi connectivity index (χ1n) is 7.69. The van der Waals surface area contributed by atoms with E-state index in [0.29, 0.717) is 30.5 Å². The molecule has 0 saturated carbocycles. The summed E-state index contributed by atoms with van der Waals surface area (Å²) >= 11 is 3.44. The van der Waals surface area contributed by atoms with Crippen molar-refractivity contribution < 1.29 is 4.74 Å². The molecule has 7 heteroatoms. The van der Waals surface area contributed by atoms with E-state index in [1.807, 2.05) is 19.1 Å². The van der Waals surface area contributed by atoms with Gasteiger partial charge in [-0.15, -0.1) is 0 Å². The Morgan fingerprint density at radius 1 is 1.22 bits per heavy atom. The summed E-state index contributed by atoms with van der Waals surface area (Å²) in [5.41, 5.74) is 9.33. The van der Waals surface area contributed by atoms with Crippen LogP contribution in [-0.2, 0) is 17.9 Å². The van der Waals surface area contributed by atoms with Crippen LogP contribution in [0, 0.1) is 5.92 Å². The molecular weight excluding hydrogens is 358 g/mol. The Kier molecular flexibility index (Phi) is 4.50. The third kappa shape index (κ3) is 3.03. The van der Waals surface area contributed by atoms with Crippen LogP contribution in [0.25, 0.3) is 22.1 Å². The predicted molar refractivity (Wildman–Crippen MR) is 95.1 cm³/mol. The maximum absolute atomic E-state index is 6.13. The smallest absolute Gasteiger partial charge is 0.152 e. The Hall–Kier alpha value is -1.73. The Balaban J connectivity index is 2.35. The van der Waals surface area contributed by atoms with Crippen molar-refractivity contribution in [2.75, 3.05) is 12.3 Å². The number of halogens is 1. The first kappa shape index (κ1) is 16.1. The summed E-state index contributed by atoms with van der Waals surface area (Å²) < 4.78 is 8.50. The van der Waals surface area contributed by atoms with Crippen LogP contribution in [-0.4, -0.2) is 26.1 Å². The summed E-state index contributed by atoms with van der Waals surface area (Å²) in [5.74, 6) is 1.75. The topological polar surface area (TPSA) is 78.8 Å².